The molecule has 134 valence electrons. The van der Waals surface area contributed by atoms with Crippen LogP contribution < -0.4 is 5.32 Å². The predicted molar refractivity (Wildman–Crippen MR) is 90.8 cm³/mol. The summed E-state index contributed by atoms with van der Waals surface area (Å²) in [4.78, 5) is 48.8. The molecule has 26 heavy (non-hydrogen) atoms. The van der Waals surface area contributed by atoms with Gasteiger partial charge < -0.3 is 5.32 Å². The van der Waals surface area contributed by atoms with Crippen molar-refractivity contribution in [1.82, 2.24) is 4.90 Å². The van der Waals surface area contributed by atoms with Crippen LogP contribution in [0.15, 0.2) is 36.4 Å². The number of nitro groups is 1. The first-order chi connectivity index (χ1) is 12.5. The molecular formula is C18H17N3O5. The van der Waals surface area contributed by atoms with Crippen molar-refractivity contribution in [1.29, 1.82) is 0 Å². The van der Waals surface area contributed by atoms with Crippen LogP contribution in [0, 0.1) is 33.8 Å². The summed E-state index contributed by atoms with van der Waals surface area (Å²) >= 11 is 0. The summed E-state index contributed by atoms with van der Waals surface area (Å²) < 4.78 is 0. The van der Waals surface area contributed by atoms with Crippen LogP contribution >= 0.6 is 0 Å². The number of nitrogens with one attached hydrogen (secondary N) is 1. The molecule has 5 rings (SSSR count). The highest BCUT2D eigenvalue weighted by Crippen LogP contribution is 2.49. The Bertz CT molecular complexity index is 800. The van der Waals surface area contributed by atoms with E-state index in [2.05, 4.69) is 5.32 Å². The lowest BCUT2D eigenvalue weighted by molar-refractivity contribution is -0.384. The van der Waals surface area contributed by atoms with Gasteiger partial charge in [0.15, 0.2) is 0 Å². The van der Waals surface area contributed by atoms with Crippen molar-refractivity contribution < 1.29 is 19.3 Å². The number of nitrogens with zero attached hydrogens (tertiary/aromatic N) is 2. The van der Waals surface area contributed by atoms with Crippen molar-refractivity contribution in [2.24, 2.45) is 23.7 Å². The van der Waals surface area contributed by atoms with E-state index in [1.165, 1.54) is 24.3 Å². The second-order valence-electron chi connectivity index (χ2n) is 6.96. The summed E-state index contributed by atoms with van der Waals surface area (Å²) in [5.74, 6) is -1.53. The number of nitro benzene ring substituents is 1. The minimum Gasteiger partial charge on any atom is -0.325 e. The number of carbonyl (C=O) groups is 3. The fourth-order valence-electron chi connectivity index (χ4n) is 4.30. The highest BCUT2D eigenvalue weighted by atomic mass is 16.6. The van der Waals surface area contributed by atoms with E-state index >= 15 is 0 Å². The molecule has 0 spiro atoms. The van der Waals surface area contributed by atoms with E-state index in [-0.39, 0.29) is 47.7 Å². The molecule has 4 atom stereocenters. The molecule has 1 aliphatic heterocycles. The number of anilines is 1. The number of benzene rings is 1. The smallest absolute Gasteiger partial charge is 0.269 e. The number of fused-ring (bicyclic) bond motifs is 1. The molecular weight excluding hydrogens is 338 g/mol. The molecule has 4 aliphatic rings. The molecule has 0 radical (unpaired) electrons. The van der Waals surface area contributed by atoms with Crippen molar-refractivity contribution in [2.45, 2.75) is 12.8 Å². The van der Waals surface area contributed by atoms with Gasteiger partial charge >= 0.3 is 0 Å². The Hall–Kier alpha value is -3.03. The van der Waals surface area contributed by atoms with Crippen LogP contribution in [-0.4, -0.2) is 34.1 Å². The molecule has 1 saturated carbocycles. The molecule has 0 aromatic heterocycles. The first kappa shape index (κ1) is 16.4. The highest BCUT2D eigenvalue weighted by molar-refractivity contribution is 6.09. The topological polar surface area (TPSA) is 110 Å². The van der Waals surface area contributed by atoms with Gasteiger partial charge in [0.2, 0.25) is 17.7 Å². The Kier molecular flexibility index (Phi) is 3.82. The van der Waals surface area contributed by atoms with Gasteiger partial charge in [-0.05, 0) is 36.8 Å². The Morgan fingerprint density at radius 3 is 2.08 bits per heavy atom. The van der Waals surface area contributed by atoms with Gasteiger partial charge in [-0.15, -0.1) is 0 Å². The lowest BCUT2D eigenvalue weighted by Gasteiger charge is -2.38. The molecule has 1 N–H and O–H groups in total. The summed E-state index contributed by atoms with van der Waals surface area (Å²) in [5, 5.41) is 13.2. The molecule has 2 bridgehead atoms. The van der Waals surface area contributed by atoms with Gasteiger partial charge in [0, 0.05) is 17.8 Å². The van der Waals surface area contributed by atoms with Crippen molar-refractivity contribution in [2.75, 3.05) is 11.9 Å². The monoisotopic (exact) mass is 355 g/mol. The van der Waals surface area contributed by atoms with Crippen molar-refractivity contribution in [3.8, 4) is 0 Å². The second-order valence-corrected chi connectivity index (χ2v) is 6.96. The molecule has 1 saturated heterocycles. The number of carbonyl (C=O) groups excluding carboxylic acids is 3. The quantitative estimate of drug-likeness (QED) is 0.383. The minimum absolute atomic E-state index is 0.0834. The van der Waals surface area contributed by atoms with Crippen LogP contribution in [0.4, 0.5) is 11.4 Å². The van der Waals surface area contributed by atoms with E-state index in [0.717, 1.165) is 17.7 Å². The van der Waals surface area contributed by atoms with Crippen molar-refractivity contribution in [3.05, 3.63) is 46.5 Å². The maximum Gasteiger partial charge on any atom is 0.269 e. The maximum atomic E-state index is 12.7. The lowest BCUT2D eigenvalue weighted by atomic mass is 9.63. The van der Waals surface area contributed by atoms with E-state index in [9.17, 15) is 24.5 Å². The maximum absolute atomic E-state index is 12.7. The van der Waals surface area contributed by atoms with Gasteiger partial charge in [-0.3, -0.25) is 29.4 Å². The third kappa shape index (κ3) is 2.58. The zero-order chi connectivity index (χ0) is 18.4. The van der Waals surface area contributed by atoms with Crippen molar-refractivity contribution >= 4 is 29.1 Å². The molecule has 8 heteroatoms. The largest absolute Gasteiger partial charge is 0.325 e. The van der Waals surface area contributed by atoms with Crippen molar-refractivity contribution in [3.63, 3.8) is 0 Å². The Labute approximate surface area is 149 Å². The van der Waals surface area contributed by atoms with E-state index in [0.29, 0.717) is 5.69 Å². The lowest BCUT2D eigenvalue weighted by Crippen LogP contribution is -2.38. The van der Waals surface area contributed by atoms with Gasteiger partial charge in [0.25, 0.3) is 5.69 Å². The summed E-state index contributed by atoms with van der Waals surface area (Å²) in [7, 11) is 0. The standard InChI is InChI=1S/C18H17N3O5/c22-14(19-12-5-7-13(8-6-12)21(25)26)9-20-17(23)15-10-1-2-11(4-3-10)16(15)18(20)24/h1-2,5-8,10-11,15-16H,3-4,9H2,(H,19,22). The first-order valence-corrected chi connectivity index (χ1v) is 8.53. The number of rotatable bonds is 4. The predicted octanol–water partition coefficient (Wildman–Crippen LogP) is 1.73. The fraction of sp³-hybridized carbons (Fsp3) is 0.389. The number of hydrogen-bond donors (Lipinski definition) is 1. The van der Waals surface area contributed by atoms with Crippen LogP contribution in [0.3, 0.4) is 0 Å². The molecule has 3 aliphatic carbocycles. The minimum atomic E-state index is -0.531. The Balaban J connectivity index is 1.44. The number of likely N-dealkylation sites (tertiary alicyclic amines) is 1. The number of hydrogen-bond acceptors (Lipinski definition) is 5. The average Bonchev–Trinajstić information content (AvgIpc) is 2.90. The summed E-state index contributed by atoms with van der Waals surface area (Å²) in [5.41, 5.74) is 0.291. The number of non-ortho nitro benzene ring substituents is 1. The Morgan fingerprint density at radius 1 is 1.08 bits per heavy atom. The summed E-state index contributed by atoms with van der Waals surface area (Å²) in [6.07, 6.45) is 5.87. The van der Waals surface area contributed by atoms with Crippen LogP contribution in [0.5, 0.6) is 0 Å². The van der Waals surface area contributed by atoms with Gasteiger partial charge in [0.1, 0.15) is 6.54 Å². The molecule has 2 fully saturated rings. The molecule has 8 nitrogen and oxygen atoms in total. The van der Waals surface area contributed by atoms with Gasteiger partial charge in [-0.25, -0.2) is 0 Å². The second kappa shape index (κ2) is 6.05. The van der Waals surface area contributed by atoms with E-state index in [1.807, 2.05) is 12.2 Å². The SMILES string of the molecule is O=C(CN1C(=O)C2C3C=CC(CC3)C2C1=O)Nc1ccc([N+](=O)[O-])cc1. The number of imide groups is 1. The van der Waals surface area contributed by atoms with E-state index in [4.69, 9.17) is 0 Å². The molecule has 1 aromatic rings. The van der Waals surface area contributed by atoms with E-state index in [1.54, 1.807) is 0 Å². The van der Waals surface area contributed by atoms with E-state index < -0.39 is 10.8 Å². The number of amides is 3. The highest BCUT2D eigenvalue weighted by Gasteiger charge is 2.56. The molecule has 1 heterocycles. The van der Waals surface area contributed by atoms with Gasteiger partial charge in [-0.1, -0.05) is 12.2 Å². The zero-order valence-electron chi connectivity index (χ0n) is 13.8. The van der Waals surface area contributed by atoms with Crippen LogP contribution in [0.1, 0.15) is 12.8 Å². The summed E-state index contributed by atoms with van der Waals surface area (Å²) in [6, 6.07) is 5.38. The third-order valence-corrected chi connectivity index (χ3v) is 5.51. The molecule has 3 amide bonds. The molecule has 4 unspecified atom stereocenters. The number of allylic oxidation sites excluding steroid dienone is 2. The summed E-state index contributed by atoms with van der Waals surface area (Å²) in [6.45, 7) is -0.332. The zero-order valence-corrected chi connectivity index (χ0v) is 13.8. The van der Waals surface area contributed by atoms with Gasteiger partial charge in [0.05, 0.1) is 16.8 Å². The normalized spacial score (nSPS) is 29.0. The average molecular weight is 355 g/mol. The fourth-order valence-corrected chi connectivity index (χ4v) is 4.30. The van der Waals surface area contributed by atoms with Crippen LogP contribution in [-0.2, 0) is 14.4 Å². The van der Waals surface area contributed by atoms with Crippen LogP contribution in [0.2, 0.25) is 0 Å². The first-order valence-electron chi connectivity index (χ1n) is 8.53. The van der Waals surface area contributed by atoms with Gasteiger partial charge in [-0.2, -0.15) is 0 Å². The Morgan fingerprint density at radius 2 is 1.62 bits per heavy atom. The molecule has 1 aromatic carbocycles. The van der Waals surface area contributed by atoms with Crippen LogP contribution in [0.25, 0.3) is 0 Å². The third-order valence-electron chi connectivity index (χ3n) is 5.51.